The summed E-state index contributed by atoms with van der Waals surface area (Å²) >= 11 is 0. The van der Waals surface area contributed by atoms with Crippen molar-refractivity contribution in [1.82, 2.24) is 30.0 Å². The van der Waals surface area contributed by atoms with E-state index in [4.69, 9.17) is 9.47 Å². The number of aryl methyl sites for hydroxylation is 1. The first kappa shape index (κ1) is 14.2. The molecular weight excluding hydrogens is 260 g/mol. The van der Waals surface area contributed by atoms with E-state index in [2.05, 4.69) is 25.5 Å². The number of aromatic nitrogens is 5. The molecule has 0 saturated heterocycles. The van der Waals surface area contributed by atoms with E-state index >= 15 is 0 Å². The van der Waals surface area contributed by atoms with Crippen LogP contribution < -0.4 is 14.8 Å². The molecule has 1 N–H and O–H groups in total. The Labute approximate surface area is 117 Å². The van der Waals surface area contributed by atoms with Crippen LogP contribution in [0.1, 0.15) is 24.4 Å². The lowest BCUT2D eigenvalue weighted by atomic mass is 10.2. The van der Waals surface area contributed by atoms with E-state index in [-0.39, 0.29) is 6.04 Å². The Morgan fingerprint density at radius 2 is 1.90 bits per heavy atom. The van der Waals surface area contributed by atoms with E-state index in [0.717, 1.165) is 11.4 Å². The van der Waals surface area contributed by atoms with E-state index in [1.807, 2.05) is 18.5 Å². The number of methoxy groups -OCH3 is 2. The molecule has 0 aliphatic rings. The smallest absolute Gasteiger partial charge is 0.224 e. The summed E-state index contributed by atoms with van der Waals surface area (Å²) in [6, 6.07) is 0.0251. The van der Waals surface area contributed by atoms with Crippen LogP contribution in [-0.2, 0) is 13.6 Å². The fourth-order valence-electron chi connectivity index (χ4n) is 1.91. The highest BCUT2D eigenvalue weighted by molar-refractivity contribution is 5.34. The third kappa shape index (κ3) is 2.85. The largest absolute Gasteiger partial charge is 0.481 e. The SMILES string of the molecule is COc1ncnc(OC)c1CNC(C)c1nncn1C. The summed E-state index contributed by atoms with van der Waals surface area (Å²) in [5, 5.41) is 11.3. The fourth-order valence-corrected chi connectivity index (χ4v) is 1.91. The maximum absolute atomic E-state index is 5.23. The molecule has 8 nitrogen and oxygen atoms in total. The van der Waals surface area contributed by atoms with Crippen molar-refractivity contribution in [1.29, 1.82) is 0 Å². The zero-order valence-electron chi connectivity index (χ0n) is 12.0. The van der Waals surface area contributed by atoms with Gasteiger partial charge >= 0.3 is 0 Å². The Morgan fingerprint density at radius 1 is 1.25 bits per heavy atom. The molecule has 0 amide bonds. The maximum Gasteiger partial charge on any atom is 0.224 e. The van der Waals surface area contributed by atoms with Crippen LogP contribution in [0, 0.1) is 0 Å². The Bertz CT molecular complexity index is 549. The summed E-state index contributed by atoms with van der Waals surface area (Å²) in [5.41, 5.74) is 0.770. The van der Waals surface area contributed by atoms with Gasteiger partial charge < -0.3 is 19.4 Å². The number of nitrogens with zero attached hydrogens (tertiary/aromatic N) is 5. The molecule has 0 spiro atoms. The lowest BCUT2D eigenvalue weighted by Crippen LogP contribution is -2.22. The lowest BCUT2D eigenvalue weighted by Gasteiger charge is -2.15. The second kappa shape index (κ2) is 6.29. The number of rotatable bonds is 6. The van der Waals surface area contributed by atoms with Gasteiger partial charge in [0.25, 0.3) is 0 Å². The first-order valence-corrected chi connectivity index (χ1v) is 6.16. The first-order chi connectivity index (χ1) is 9.67. The van der Waals surface area contributed by atoms with Gasteiger partial charge in [0.2, 0.25) is 11.8 Å². The lowest BCUT2D eigenvalue weighted by molar-refractivity contribution is 0.356. The average Bonchev–Trinajstić information content (AvgIpc) is 2.90. The van der Waals surface area contributed by atoms with E-state index in [9.17, 15) is 0 Å². The van der Waals surface area contributed by atoms with Crippen LogP contribution >= 0.6 is 0 Å². The molecule has 108 valence electrons. The zero-order valence-corrected chi connectivity index (χ0v) is 12.0. The third-order valence-corrected chi connectivity index (χ3v) is 2.97. The molecule has 2 heterocycles. The van der Waals surface area contributed by atoms with Gasteiger partial charge in [-0.25, -0.2) is 9.97 Å². The van der Waals surface area contributed by atoms with Crippen LogP contribution in [0.25, 0.3) is 0 Å². The second-order valence-corrected chi connectivity index (χ2v) is 4.27. The van der Waals surface area contributed by atoms with Gasteiger partial charge in [-0.15, -0.1) is 10.2 Å². The van der Waals surface area contributed by atoms with Crippen molar-refractivity contribution in [2.75, 3.05) is 14.2 Å². The Kier molecular flexibility index (Phi) is 4.46. The summed E-state index contributed by atoms with van der Waals surface area (Å²) in [5.74, 6) is 1.84. The summed E-state index contributed by atoms with van der Waals surface area (Å²) in [7, 11) is 5.04. The van der Waals surface area contributed by atoms with Gasteiger partial charge in [-0.3, -0.25) is 0 Å². The summed E-state index contributed by atoms with van der Waals surface area (Å²) in [6.07, 6.45) is 3.08. The molecular formula is C12H18N6O2. The van der Waals surface area contributed by atoms with Crippen molar-refractivity contribution in [2.24, 2.45) is 7.05 Å². The minimum absolute atomic E-state index is 0.0251. The van der Waals surface area contributed by atoms with Crippen LogP contribution in [0.3, 0.4) is 0 Å². The van der Waals surface area contributed by atoms with Crippen molar-refractivity contribution in [2.45, 2.75) is 19.5 Å². The quantitative estimate of drug-likeness (QED) is 0.822. The van der Waals surface area contributed by atoms with Gasteiger partial charge in [-0.1, -0.05) is 0 Å². The molecule has 20 heavy (non-hydrogen) atoms. The van der Waals surface area contributed by atoms with Crippen LogP contribution in [0.5, 0.6) is 11.8 Å². The number of nitrogens with one attached hydrogen (secondary N) is 1. The molecule has 1 unspecified atom stereocenters. The van der Waals surface area contributed by atoms with E-state index in [0.29, 0.717) is 18.3 Å². The molecule has 8 heteroatoms. The predicted octanol–water partition coefficient (Wildman–Crippen LogP) is 0.473. The molecule has 0 radical (unpaired) electrons. The number of hydrogen-bond donors (Lipinski definition) is 1. The van der Waals surface area contributed by atoms with Gasteiger partial charge in [0.15, 0.2) is 0 Å². The van der Waals surface area contributed by atoms with Crippen molar-refractivity contribution in [3.63, 3.8) is 0 Å². The van der Waals surface area contributed by atoms with Gasteiger partial charge in [-0.2, -0.15) is 0 Å². The number of ether oxygens (including phenoxy) is 2. The molecule has 0 aromatic carbocycles. The van der Waals surface area contributed by atoms with Gasteiger partial charge in [0.1, 0.15) is 18.5 Å². The molecule has 0 bridgehead atoms. The zero-order chi connectivity index (χ0) is 14.5. The summed E-state index contributed by atoms with van der Waals surface area (Å²) in [4.78, 5) is 8.16. The predicted molar refractivity (Wildman–Crippen MR) is 71.4 cm³/mol. The molecule has 2 rings (SSSR count). The van der Waals surface area contributed by atoms with Crippen molar-refractivity contribution < 1.29 is 9.47 Å². The van der Waals surface area contributed by atoms with Gasteiger partial charge in [0.05, 0.1) is 25.8 Å². The van der Waals surface area contributed by atoms with Crippen LogP contribution in [-0.4, -0.2) is 39.0 Å². The molecule has 2 aromatic rings. The normalized spacial score (nSPS) is 12.2. The minimum atomic E-state index is 0.0251. The molecule has 0 aliphatic heterocycles. The molecule has 0 saturated carbocycles. The maximum atomic E-state index is 5.23. The van der Waals surface area contributed by atoms with E-state index in [1.54, 1.807) is 20.5 Å². The van der Waals surface area contributed by atoms with Crippen LogP contribution in [0.2, 0.25) is 0 Å². The minimum Gasteiger partial charge on any atom is -0.481 e. The van der Waals surface area contributed by atoms with E-state index < -0.39 is 0 Å². The summed E-state index contributed by atoms with van der Waals surface area (Å²) < 4.78 is 12.3. The van der Waals surface area contributed by atoms with Crippen molar-refractivity contribution in [3.05, 3.63) is 24.0 Å². The Morgan fingerprint density at radius 3 is 2.40 bits per heavy atom. The third-order valence-electron chi connectivity index (χ3n) is 2.97. The number of hydrogen-bond acceptors (Lipinski definition) is 7. The van der Waals surface area contributed by atoms with E-state index in [1.165, 1.54) is 6.33 Å². The van der Waals surface area contributed by atoms with Crippen LogP contribution in [0.4, 0.5) is 0 Å². The van der Waals surface area contributed by atoms with Gasteiger partial charge in [-0.05, 0) is 6.92 Å². The Hall–Kier alpha value is -2.22. The highest BCUT2D eigenvalue weighted by atomic mass is 16.5. The molecule has 1 atom stereocenters. The van der Waals surface area contributed by atoms with Gasteiger partial charge in [0, 0.05) is 13.6 Å². The molecule has 2 aromatic heterocycles. The van der Waals surface area contributed by atoms with Crippen molar-refractivity contribution in [3.8, 4) is 11.8 Å². The highest BCUT2D eigenvalue weighted by Gasteiger charge is 2.16. The standard InChI is InChI=1S/C12H18N6O2/c1-8(10-17-16-7-18(10)2)13-5-9-11(19-3)14-6-15-12(9)20-4/h6-8,13H,5H2,1-4H3. The average molecular weight is 278 g/mol. The van der Waals surface area contributed by atoms with Crippen LogP contribution in [0.15, 0.2) is 12.7 Å². The fraction of sp³-hybridized carbons (Fsp3) is 0.500. The first-order valence-electron chi connectivity index (χ1n) is 6.16. The van der Waals surface area contributed by atoms with Crippen molar-refractivity contribution >= 4 is 0 Å². The monoisotopic (exact) mass is 278 g/mol. The topological polar surface area (TPSA) is 87.0 Å². The molecule has 0 aliphatic carbocycles. The highest BCUT2D eigenvalue weighted by Crippen LogP contribution is 2.23. The second-order valence-electron chi connectivity index (χ2n) is 4.27. The summed E-state index contributed by atoms with van der Waals surface area (Å²) in [6.45, 7) is 2.51. The molecule has 0 fully saturated rings. The Balaban J connectivity index is 2.13.